The molecule has 0 saturated carbocycles. The van der Waals surface area contributed by atoms with Gasteiger partial charge in [-0.25, -0.2) is 0 Å². The van der Waals surface area contributed by atoms with Crippen molar-refractivity contribution in [1.82, 2.24) is 14.9 Å². The largest absolute Gasteiger partial charge is 0.330 e. The van der Waals surface area contributed by atoms with E-state index in [2.05, 4.69) is 9.97 Å². The van der Waals surface area contributed by atoms with E-state index in [1.165, 1.54) is 0 Å². The van der Waals surface area contributed by atoms with E-state index in [0.29, 0.717) is 6.54 Å². The first kappa shape index (κ1) is 14.5. The van der Waals surface area contributed by atoms with Crippen molar-refractivity contribution in [3.63, 3.8) is 0 Å². The second-order valence-electron chi connectivity index (χ2n) is 5.73. The van der Waals surface area contributed by atoms with Crippen molar-refractivity contribution in [2.75, 3.05) is 6.54 Å². The number of carbonyl (C=O) groups excluding carboxylic acids is 1. The molecule has 2 aromatic heterocycles. The molecule has 0 spiro atoms. The lowest BCUT2D eigenvalue weighted by molar-refractivity contribution is 0.0731. The van der Waals surface area contributed by atoms with Gasteiger partial charge in [0.05, 0.1) is 11.7 Å². The number of rotatable bonds is 2. The van der Waals surface area contributed by atoms with Gasteiger partial charge in [0.25, 0.3) is 11.5 Å². The number of hydrogen-bond donors (Lipinski definition) is 1. The Bertz CT molecular complexity index is 752. The molecular formula is C17H19N3O2. The Morgan fingerprint density at radius 2 is 2.18 bits per heavy atom. The quantitative estimate of drug-likeness (QED) is 0.925. The Balaban J connectivity index is 1.95. The summed E-state index contributed by atoms with van der Waals surface area (Å²) in [5, 5.41) is 0. The summed E-state index contributed by atoms with van der Waals surface area (Å²) in [4.78, 5) is 33.8. The molecule has 1 aliphatic rings. The molecule has 2 aromatic rings. The van der Waals surface area contributed by atoms with Crippen molar-refractivity contribution in [3.05, 3.63) is 63.3 Å². The number of H-pyrrole nitrogens is 1. The van der Waals surface area contributed by atoms with E-state index in [1.807, 2.05) is 32.0 Å². The Labute approximate surface area is 129 Å². The zero-order valence-corrected chi connectivity index (χ0v) is 12.8. The molecular weight excluding hydrogens is 278 g/mol. The lowest BCUT2D eigenvalue weighted by atomic mass is 10.1. The molecule has 1 atom stereocenters. The SMILES string of the molecule is Cc1cc(C(=O)N2CCCC2c2ccccn2)c(=O)[nH]c1C. The fourth-order valence-corrected chi connectivity index (χ4v) is 2.93. The van der Waals surface area contributed by atoms with Gasteiger partial charge >= 0.3 is 0 Å². The van der Waals surface area contributed by atoms with Crippen molar-refractivity contribution >= 4 is 5.91 Å². The third-order valence-electron chi connectivity index (χ3n) is 4.27. The van der Waals surface area contributed by atoms with Gasteiger partial charge in [0, 0.05) is 18.4 Å². The summed E-state index contributed by atoms with van der Waals surface area (Å²) in [6, 6.07) is 7.35. The van der Waals surface area contributed by atoms with E-state index in [9.17, 15) is 9.59 Å². The van der Waals surface area contributed by atoms with Gasteiger partial charge in [0.15, 0.2) is 0 Å². The third-order valence-corrected chi connectivity index (χ3v) is 4.27. The van der Waals surface area contributed by atoms with Crippen LogP contribution in [0.2, 0.25) is 0 Å². The van der Waals surface area contributed by atoms with E-state index in [0.717, 1.165) is 29.8 Å². The van der Waals surface area contributed by atoms with Crippen LogP contribution in [-0.4, -0.2) is 27.3 Å². The summed E-state index contributed by atoms with van der Waals surface area (Å²) in [6.45, 7) is 4.38. The molecule has 1 fully saturated rings. The summed E-state index contributed by atoms with van der Waals surface area (Å²) >= 11 is 0. The summed E-state index contributed by atoms with van der Waals surface area (Å²) in [5.41, 5.74) is 2.49. The van der Waals surface area contributed by atoms with Crippen LogP contribution >= 0.6 is 0 Å². The average molecular weight is 297 g/mol. The lowest BCUT2D eigenvalue weighted by Crippen LogP contribution is -2.35. The number of likely N-dealkylation sites (tertiary alicyclic amines) is 1. The maximum absolute atomic E-state index is 12.8. The van der Waals surface area contributed by atoms with Crippen LogP contribution in [0.15, 0.2) is 35.3 Å². The highest BCUT2D eigenvalue weighted by molar-refractivity contribution is 5.94. The van der Waals surface area contributed by atoms with E-state index >= 15 is 0 Å². The normalized spacial score (nSPS) is 17.7. The Hall–Kier alpha value is -2.43. The minimum Gasteiger partial charge on any atom is -0.330 e. The molecule has 1 aliphatic heterocycles. The van der Waals surface area contributed by atoms with Gasteiger partial charge in [-0.3, -0.25) is 14.6 Å². The number of aromatic amines is 1. The predicted octanol–water partition coefficient (Wildman–Crippen LogP) is 2.36. The molecule has 0 aromatic carbocycles. The van der Waals surface area contributed by atoms with Crippen molar-refractivity contribution < 1.29 is 4.79 Å². The summed E-state index contributed by atoms with van der Waals surface area (Å²) in [6.07, 6.45) is 3.54. The minimum absolute atomic E-state index is 0.0466. The Morgan fingerprint density at radius 1 is 1.36 bits per heavy atom. The number of hydrogen-bond acceptors (Lipinski definition) is 3. The molecule has 0 radical (unpaired) electrons. The van der Waals surface area contributed by atoms with Gasteiger partial charge in [0.1, 0.15) is 5.56 Å². The lowest BCUT2D eigenvalue weighted by Gasteiger charge is -2.24. The summed E-state index contributed by atoms with van der Waals surface area (Å²) in [5.74, 6) is -0.211. The number of aromatic nitrogens is 2. The summed E-state index contributed by atoms with van der Waals surface area (Å²) < 4.78 is 0. The van der Waals surface area contributed by atoms with Gasteiger partial charge in [-0.15, -0.1) is 0 Å². The van der Waals surface area contributed by atoms with Crippen molar-refractivity contribution in [2.24, 2.45) is 0 Å². The Morgan fingerprint density at radius 3 is 2.91 bits per heavy atom. The Kier molecular flexibility index (Phi) is 3.79. The van der Waals surface area contributed by atoms with Crippen molar-refractivity contribution in [2.45, 2.75) is 32.7 Å². The first-order valence-corrected chi connectivity index (χ1v) is 7.50. The number of nitrogens with one attached hydrogen (secondary N) is 1. The molecule has 1 saturated heterocycles. The van der Waals surface area contributed by atoms with Crippen LogP contribution in [0.4, 0.5) is 0 Å². The molecule has 114 valence electrons. The van der Waals surface area contributed by atoms with E-state index in [1.54, 1.807) is 17.2 Å². The highest BCUT2D eigenvalue weighted by Gasteiger charge is 2.32. The van der Waals surface area contributed by atoms with E-state index in [4.69, 9.17) is 0 Å². The van der Waals surface area contributed by atoms with Gasteiger partial charge in [-0.2, -0.15) is 0 Å². The molecule has 5 heteroatoms. The molecule has 0 bridgehead atoms. The molecule has 1 unspecified atom stereocenters. The van der Waals surface area contributed by atoms with Gasteiger partial charge in [-0.1, -0.05) is 6.07 Å². The van der Waals surface area contributed by atoms with Crippen LogP contribution in [0, 0.1) is 13.8 Å². The molecule has 1 amide bonds. The highest BCUT2D eigenvalue weighted by Crippen LogP contribution is 2.31. The highest BCUT2D eigenvalue weighted by atomic mass is 16.2. The number of nitrogens with zero attached hydrogens (tertiary/aromatic N) is 2. The monoisotopic (exact) mass is 297 g/mol. The van der Waals surface area contributed by atoms with Crippen molar-refractivity contribution in [3.8, 4) is 0 Å². The second kappa shape index (κ2) is 5.75. The van der Waals surface area contributed by atoms with Crippen LogP contribution in [-0.2, 0) is 0 Å². The first-order chi connectivity index (χ1) is 10.6. The third kappa shape index (κ3) is 2.54. The van der Waals surface area contributed by atoms with Crippen LogP contribution in [0.25, 0.3) is 0 Å². The number of carbonyl (C=O) groups is 1. The predicted molar refractivity (Wildman–Crippen MR) is 83.8 cm³/mol. The van der Waals surface area contributed by atoms with Crippen molar-refractivity contribution in [1.29, 1.82) is 0 Å². The maximum atomic E-state index is 12.8. The van der Waals surface area contributed by atoms with Gasteiger partial charge in [0.2, 0.25) is 0 Å². The van der Waals surface area contributed by atoms with Crippen LogP contribution in [0.5, 0.6) is 0 Å². The molecule has 0 aliphatic carbocycles. The second-order valence-corrected chi connectivity index (χ2v) is 5.73. The van der Waals surface area contributed by atoms with Crippen LogP contribution in [0.3, 0.4) is 0 Å². The fourth-order valence-electron chi connectivity index (χ4n) is 2.93. The first-order valence-electron chi connectivity index (χ1n) is 7.50. The van der Waals surface area contributed by atoms with Crippen LogP contribution < -0.4 is 5.56 Å². The van der Waals surface area contributed by atoms with Gasteiger partial charge < -0.3 is 9.88 Å². The fraction of sp³-hybridized carbons (Fsp3) is 0.353. The zero-order valence-electron chi connectivity index (χ0n) is 12.8. The van der Waals surface area contributed by atoms with Gasteiger partial charge in [-0.05, 0) is 50.5 Å². The smallest absolute Gasteiger partial charge is 0.261 e. The minimum atomic E-state index is -0.320. The molecule has 3 heterocycles. The molecule has 22 heavy (non-hydrogen) atoms. The average Bonchev–Trinajstić information content (AvgIpc) is 3.00. The molecule has 3 rings (SSSR count). The number of pyridine rings is 2. The van der Waals surface area contributed by atoms with Crippen LogP contribution in [0.1, 0.15) is 46.2 Å². The van der Waals surface area contributed by atoms with E-state index < -0.39 is 0 Å². The number of amides is 1. The zero-order chi connectivity index (χ0) is 15.7. The number of aryl methyl sites for hydroxylation is 2. The topological polar surface area (TPSA) is 66.1 Å². The molecule has 5 nitrogen and oxygen atoms in total. The maximum Gasteiger partial charge on any atom is 0.261 e. The van der Waals surface area contributed by atoms with E-state index in [-0.39, 0.29) is 23.1 Å². The standard InChI is InChI=1S/C17H19N3O2/c1-11-10-13(16(21)19-12(11)2)17(22)20-9-5-7-15(20)14-6-3-4-8-18-14/h3-4,6,8,10,15H,5,7,9H2,1-2H3,(H,19,21). The summed E-state index contributed by atoms with van der Waals surface area (Å²) in [7, 11) is 0. The molecule has 1 N–H and O–H groups in total.